The van der Waals surface area contributed by atoms with Crippen molar-refractivity contribution in [2.75, 3.05) is 5.32 Å². The molecule has 4 heteroatoms. The summed E-state index contributed by atoms with van der Waals surface area (Å²) in [5.74, 6) is -0.151. The van der Waals surface area contributed by atoms with E-state index in [-0.39, 0.29) is 12.5 Å². The highest BCUT2D eigenvalue weighted by Crippen LogP contribution is 2.21. The third-order valence-corrected chi connectivity index (χ3v) is 3.51. The number of nitrogens with one attached hydrogen (secondary N) is 1. The van der Waals surface area contributed by atoms with Crippen LogP contribution in [0.2, 0.25) is 0 Å². The summed E-state index contributed by atoms with van der Waals surface area (Å²) in [6, 6.07) is 15.0. The molecule has 0 aliphatic heterocycles. The summed E-state index contributed by atoms with van der Waals surface area (Å²) in [6.45, 7) is -0.0437. The maximum atomic E-state index is 12.5. The fourth-order valence-electron chi connectivity index (χ4n) is 2.47. The van der Waals surface area contributed by atoms with Gasteiger partial charge in [-0.3, -0.25) is 4.79 Å². The lowest BCUT2D eigenvalue weighted by Crippen LogP contribution is -2.11. The lowest BCUT2D eigenvalue weighted by atomic mass is 10.1. The summed E-state index contributed by atoms with van der Waals surface area (Å²) in [5.41, 5.74) is 3.11. The van der Waals surface area contributed by atoms with Gasteiger partial charge in [0.2, 0.25) is 0 Å². The Labute approximate surface area is 122 Å². The van der Waals surface area contributed by atoms with Gasteiger partial charge in [0, 0.05) is 29.8 Å². The van der Waals surface area contributed by atoms with E-state index < -0.39 is 0 Å². The minimum atomic E-state index is -0.151. The van der Waals surface area contributed by atoms with E-state index in [1.807, 2.05) is 60.3 Å². The summed E-state index contributed by atoms with van der Waals surface area (Å²) >= 11 is 0. The highest BCUT2D eigenvalue weighted by Gasteiger charge is 2.13. The molecule has 4 nitrogen and oxygen atoms in total. The minimum absolute atomic E-state index is 0.0437. The molecule has 0 saturated carbocycles. The van der Waals surface area contributed by atoms with Gasteiger partial charge in [-0.05, 0) is 23.8 Å². The second-order valence-electron chi connectivity index (χ2n) is 4.98. The molecule has 2 aromatic carbocycles. The normalized spacial score (nSPS) is 10.8. The molecular weight excluding hydrogens is 264 g/mol. The van der Waals surface area contributed by atoms with Gasteiger partial charge in [-0.25, -0.2) is 0 Å². The summed E-state index contributed by atoms with van der Waals surface area (Å²) in [6.07, 6.45) is 1.83. The van der Waals surface area contributed by atoms with Crippen LogP contribution in [0.5, 0.6) is 0 Å². The molecule has 21 heavy (non-hydrogen) atoms. The van der Waals surface area contributed by atoms with Crippen molar-refractivity contribution in [3.8, 4) is 0 Å². The van der Waals surface area contributed by atoms with Crippen LogP contribution in [0.3, 0.4) is 0 Å². The fraction of sp³-hybridized carbons (Fsp3) is 0.118. The molecule has 0 spiro atoms. The molecule has 3 aromatic rings. The molecule has 0 saturated heterocycles. The van der Waals surface area contributed by atoms with Crippen LogP contribution in [-0.2, 0) is 13.7 Å². The van der Waals surface area contributed by atoms with Gasteiger partial charge in [0.15, 0.2) is 0 Å². The van der Waals surface area contributed by atoms with Crippen LogP contribution in [0.4, 0.5) is 5.69 Å². The molecule has 1 heterocycles. The molecule has 0 bridgehead atoms. The van der Waals surface area contributed by atoms with E-state index in [2.05, 4.69) is 5.32 Å². The van der Waals surface area contributed by atoms with Crippen molar-refractivity contribution in [1.29, 1.82) is 0 Å². The van der Waals surface area contributed by atoms with Crippen LogP contribution in [-0.4, -0.2) is 15.6 Å². The Morgan fingerprint density at radius 2 is 2.00 bits per heavy atom. The van der Waals surface area contributed by atoms with E-state index in [1.54, 1.807) is 6.07 Å². The van der Waals surface area contributed by atoms with Crippen molar-refractivity contribution >= 4 is 22.5 Å². The Balaban J connectivity index is 1.94. The number of nitrogens with zero attached hydrogens (tertiary/aromatic N) is 1. The quantitative estimate of drug-likeness (QED) is 0.775. The Kier molecular flexibility index (Phi) is 3.46. The van der Waals surface area contributed by atoms with Crippen molar-refractivity contribution in [1.82, 2.24) is 4.57 Å². The summed E-state index contributed by atoms with van der Waals surface area (Å²) in [5, 5.41) is 12.9. The van der Waals surface area contributed by atoms with E-state index in [9.17, 15) is 4.79 Å². The third-order valence-electron chi connectivity index (χ3n) is 3.51. The monoisotopic (exact) mass is 280 g/mol. The van der Waals surface area contributed by atoms with Gasteiger partial charge in [0.1, 0.15) is 0 Å². The Bertz CT molecular complexity index is 805. The van der Waals surface area contributed by atoms with Crippen molar-refractivity contribution in [3.63, 3.8) is 0 Å². The standard InChI is InChI=1S/C17H16N2O2/c1-19-10-15(14-7-2-3-8-16(14)19)17(21)18-13-6-4-5-12(9-13)11-20/h2-10,20H,11H2,1H3,(H,18,21). The molecule has 0 radical (unpaired) electrons. The first kappa shape index (κ1) is 13.4. The van der Waals surface area contributed by atoms with Crippen molar-refractivity contribution in [3.05, 3.63) is 65.9 Å². The third kappa shape index (κ3) is 2.53. The van der Waals surface area contributed by atoms with Crippen LogP contribution < -0.4 is 5.32 Å². The lowest BCUT2D eigenvalue weighted by molar-refractivity contribution is 0.102. The predicted molar refractivity (Wildman–Crippen MR) is 83.2 cm³/mol. The Morgan fingerprint density at radius 3 is 2.81 bits per heavy atom. The first-order valence-corrected chi connectivity index (χ1v) is 6.74. The highest BCUT2D eigenvalue weighted by molar-refractivity contribution is 6.12. The van der Waals surface area contributed by atoms with E-state index >= 15 is 0 Å². The number of aromatic nitrogens is 1. The molecule has 0 fully saturated rings. The molecule has 1 aromatic heterocycles. The first-order chi connectivity index (χ1) is 10.2. The highest BCUT2D eigenvalue weighted by atomic mass is 16.3. The van der Waals surface area contributed by atoms with Crippen molar-refractivity contribution in [2.24, 2.45) is 7.05 Å². The van der Waals surface area contributed by atoms with E-state index in [1.165, 1.54) is 0 Å². The van der Waals surface area contributed by atoms with Gasteiger partial charge in [-0.2, -0.15) is 0 Å². The van der Waals surface area contributed by atoms with Crippen LogP contribution in [0.25, 0.3) is 10.9 Å². The molecule has 106 valence electrons. The number of rotatable bonds is 3. The summed E-state index contributed by atoms with van der Waals surface area (Å²) in [4.78, 5) is 12.5. The van der Waals surface area contributed by atoms with Gasteiger partial charge >= 0.3 is 0 Å². The van der Waals surface area contributed by atoms with E-state index in [4.69, 9.17) is 5.11 Å². The number of aryl methyl sites for hydroxylation is 1. The second kappa shape index (κ2) is 5.42. The van der Waals surface area contributed by atoms with Crippen molar-refractivity contribution in [2.45, 2.75) is 6.61 Å². The zero-order chi connectivity index (χ0) is 14.8. The number of hydrogen-bond donors (Lipinski definition) is 2. The number of aliphatic hydroxyl groups is 1. The van der Waals surface area contributed by atoms with E-state index in [0.29, 0.717) is 11.3 Å². The minimum Gasteiger partial charge on any atom is -0.392 e. The van der Waals surface area contributed by atoms with Gasteiger partial charge in [-0.15, -0.1) is 0 Å². The molecule has 3 rings (SSSR count). The molecule has 0 aliphatic rings. The summed E-state index contributed by atoms with van der Waals surface area (Å²) in [7, 11) is 1.92. The van der Waals surface area contributed by atoms with Gasteiger partial charge < -0.3 is 15.0 Å². The number of carbonyl (C=O) groups is 1. The second-order valence-corrected chi connectivity index (χ2v) is 4.98. The van der Waals surface area contributed by atoms with Crippen LogP contribution in [0, 0.1) is 0 Å². The summed E-state index contributed by atoms with van der Waals surface area (Å²) < 4.78 is 1.94. The van der Waals surface area contributed by atoms with Crippen LogP contribution in [0.1, 0.15) is 15.9 Å². The molecular formula is C17H16N2O2. The Hall–Kier alpha value is -2.59. The number of para-hydroxylation sites is 1. The molecule has 1 amide bonds. The fourth-order valence-corrected chi connectivity index (χ4v) is 2.47. The molecule has 2 N–H and O–H groups in total. The SMILES string of the molecule is Cn1cc(C(=O)Nc2cccc(CO)c2)c2ccccc21. The maximum absolute atomic E-state index is 12.5. The van der Waals surface area contributed by atoms with Gasteiger partial charge in [-0.1, -0.05) is 30.3 Å². The number of benzene rings is 2. The number of aliphatic hydroxyl groups excluding tert-OH is 1. The first-order valence-electron chi connectivity index (χ1n) is 6.74. The zero-order valence-electron chi connectivity index (χ0n) is 11.7. The van der Waals surface area contributed by atoms with E-state index in [0.717, 1.165) is 16.5 Å². The number of hydrogen-bond acceptors (Lipinski definition) is 2. The Morgan fingerprint density at radius 1 is 1.19 bits per heavy atom. The smallest absolute Gasteiger partial charge is 0.257 e. The maximum Gasteiger partial charge on any atom is 0.257 e. The largest absolute Gasteiger partial charge is 0.392 e. The molecule has 0 atom stereocenters. The van der Waals surface area contributed by atoms with Crippen LogP contribution >= 0.6 is 0 Å². The predicted octanol–water partition coefficient (Wildman–Crippen LogP) is 2.92. The zero-order valence-corrected chi connectivity index (χ0v) is 11.7. The topological polar surface area (TPSA) is 54.3 Å². The van der Waals surface area contributed by atoms with Crippen LogP contribution in [0.15, 0.2) is 54.7 Å². The average molecular weight is 280 g/mol. The number of anilines is 1. The van der Waals surface area contributed by atoms with Gasteiger partial charge in [0.25, 0.3) is 5.91 Å². The number of amides is 1. The lowest BCUT2D eigenvalue weighted by Gasteiger charge is -2.05. The number of carbonyl (C=O) groups excluding carboxylic acids is 1. The molecule has 0 aliphatic carbocycles. The van der Waals surface area contributed by atoms with Crippen molar-refractivity contribution < 1.29 is 9.90 Å². The number of fused-ring (bicyclic) bond motifs is 1. The molecule has 0 unspecified atom stereocenters. The average Bonchev–Trinajstić information content (AvgIpc) is 2.85. The van der Waals surface area contributed by atoms with Gasteiger partial charge in [0.05, 0.1) is 12.2 Å².